The van der Waals surface area contributed by atoms with Crippen molar-refractivity contribution in [2.75, 3.05) is 13.6 Å². The van der Waals surface area contributed by atoms with Gasteiger partial charge in [0.1, 0.15) is 0 Å². The molecule has 0 aliphatic carbocycles. The molecular weight excluding hydrogens is 258 g/mol. The van der Waals surface area contributed by atoms with E-state index >= 15 is 0 Å². The van der Waals surface area contributed by atoms with Gasteiger partial charge in [0, 0.05) is 12.0 Å². The Morgan fingerprint density at radius 2 is 1.48 bits per heavy atom. The molecule has 2 aromatic rings. The molecule has 21 heavy (non-hydrogen) atoms. The number of aliphatic hydroxyl groups excluding tert-OH is 1. The van der Waals surface area contributed by atoms with Crippen LogP contribution in [0.15, 0.2) is 60.7 Å². The molecule has 3 rings (SSSR count). The molecule has 2 aromatic carbocycles. The number of hydrogen-bond donors (Lipinski definition) is 1. The molecule has 0 radical (unpaired) electrons. The van der Waals surface area contributed by atoms with Crippen LogP contribution in [-0.4, -0.2) is 35.7 Å². The van der Waals surface area contributed by atoms with Gasteiger partial charge in [-0.3, -0.25) is 0 Å². The van der Waals surface area contributed by atoms with Crippen LogP contribution in [0.4, 0.5) is 0 Å². The van der Waals surface area contributed by atoms with Crippen molar-refractivity contribution in [3.05, 3.63) is 71.8 Å². The maximum atomic E-state index is 11.0. The molecule has 2 nitrogen and oxygen atoms in total. The highest BCUT2D eigenvalue weighted by atomic mass is 16.3. The Morgan fingerprint density at radius 3 is 1.90 bits per heavy atom. The zero-order chi connectivity index (χ0) is 14.7. The van der Waals surface area contributed by atoms with Crippen molar-refractivity contribution in [3.8, 4) is 0 Å². The van der Waals surface area contributed by atoms with Crippen molar-refractivity contribution in [3.63, 3.8) is 0 Å². The third kappa shape index (κ3) is 3.02. The smallest absolute Gasteiger partial charge is 0.0804 e. The number of benzene rings is 2. The number of rotatable bonds is 4. The summed E-state index contributed by atoms with van der Waals surface area (Å²) in [6, 6.07) is 21.0. The molecule has 2 atom stereocenters. The van der Waals surface area contributed by atoms with Gasteiger partial charge in [0.2, 0.25) is 0 Å². The molecular formula is C19H23NO. The number of aliphatic hydroxyl groups is 1. The van der Waals surface area contributed by atoms with E-state index in [0.29, 0.717) is 0 Å². The molecule has 0 unspecified atom stereocenters. The molecule has 0 spiro atoms. The lowest BCUT2D eigenvalue weighted by atomic mass is 9.83. The first-order chi connectivity index (χ1) is 10.3. The average molecular weight is 281 g/mol. The van der Waals surface area contributed by atoms with Gasteiger partial charge in [0.05, 0.1) is 6.10 Å². The largest absolute Gasteiger partial charge is 0.391 e. The van der Waals surface area contributed by atoms with Gasteiger partial charge < -0.3 is 10.0 Å². The van der Waals surface area contributed by atoms with Gasteiger partial charge in [0.25, 0.3) is 0 Å². The maximum Gasteiger partial charge on any atom is 0.0804 e. The van der Waals surface area contributed by atoms with Crippen molar-refractivity contribution in [1.29, 1.82) is 0 Å². The monoisotopic (exact) mass is 281 g/mol. The van der Waals surface area contributed by atoms with Gasteiger partial charge in [-0.15, -0.1) is 0 Å². The highest BCUT2D eigenvalue weighted by Crippen LogP contribution is 2.33. The van der Waals surface area contributed by atoms with Gasteiger partial charge in [0.15, 0.2) is 0 Å². The quantitative estimate of drug-likeness (QED) is 0.929. The van der Waals surface area contributed by atoms with Crippen LogP contribution in [0.25, 0.3) is 0 Å². The highest BCUT2D eigenvalue weighted by molar-refractivity contribution is 5.34. The number of likely N-dealkylation sites (tertiary alicyclic amines) is 1. The second kappa shape index (κ2) is 6.42. The predicted octanol–water partition coefficient (Wildman–Crippen LogP) is 3.27. The average Bonchev–Trinajstić information content (AvgIpc) is 2.96. The molecule has 1 fully saturated rings. The highest BCUT2D eigenvalue weighted by Gasteiger charge is 2.34. The van der Waals surface area contributed by atoms with E-state index in [-0.39, 0.29) is 18.1 Å². The number of likely N-dealkylation sites (N-methyl/N-ethyl adjacent to an activating group) is 1. The lowest BCUT2D eigenvalue weighted by molar-refractivity contribution is 0.0723. The normalized spacial score (nSPS) is 20.8. The van der Waals surface area contributed by atoms with E-state index in [2.05, 4.69) is 60.5 Å². The Balaban J connectivity index is 1.96. The van der Waals surface area contributed by atoms with Gasteiger partial charge in [-0.1, -0.05) is 60.7 Å². The molecule has 0 amide bonds. The molecule has 0 aromatic heterocycles. The topological polar surface area (TPSA) is 23.5 Å². The molecule has 1 aliphatic heterocycles. The predicted molar refractivity (Wildman–Crippen MR) is 86.4 cm³/mol. The lowest BCUT2D eigenvalue weighted by Crippen LogP contribution is -2.40. The summed E-state index contributed by atoms with van der Waals surface area (Å²) in [4.78, 5) is 2.30. The van der Waals surface area contributed by atoms with Crippen LogP contribution >= 0.6 is 0 Å². The summed E-state index contributed by atoms with van der Waals surface area (Å²) in [7, 11) is 2.12. The second-order valence-electron chi connectivity index (χ2n) is 5.98. The van der Waals surface area contributed by atoms with Crippen LogP contribution in [0.5, 0.6) is 0 Å². The first kappa shape index (κ1) is 14.3. The third-order valence-corrected chi connectivity index (χ3v) is 4.63. The summed E-state index contributed by atoms with van der Waals surface area (Å²) in [5.41, 5.74) is 2.38. The molecule has 110 valence electrons. The van der Waals surface area contributed by atoms with Gasteiger partial charge in [-0.05, 0) is 37.6 Å². The van der Waals surface area contributed by atoms with Crippen LogP contribution in [0.2, 0.25) is 0 Å². The van der Waals surface area contributed by atoms with Crippen LogP contribution in [-0.2, 0) is 0 Å². The third-order valence-electron chi connectivity index (χ3n) is 4.63. The van der Waals surface area contributed by atoms with E-state index in [1.165, 1.54) is 17.5 Å². The minimum absolute atomic E-state index is 0.0398. The molecule has 1 N–H and O–H groups in total. The number of nitrogens with zero attached hydrogens (tertiary/aromatic N) is 1. The standard InChI is InChI=1S/C19H23NO/c1-20-14-8-13-17(20)19(21)18(15-9-4-2-5-10-15)16-11-6-3-7-12-16/h2-7,9-12,17-19,21H,8,13-14H2,1H3/t17-,19-/m0/s1. The SMILES string of the molecule is CN1CCC[C@H]1[C@H](O)C(c1ccccc1)c1ccccc1. The summed E-state index contributed by atoms with van der Waals surface area (Å²) >= 11 is 0. The van der Waals surface area contributed by atoms with E-state index in [9.17, 15) is 5.11 Å². The van der Waals surface area contributed by atoms with Crippen LogP contribution in [0.1, 0.15) is 29.9 Å². The fourth-order valence-electron chi connectivity index (χ4n) is 3.50. The Morgan fingerprint density at radius 1 is 0.952 bits per heavy atom. The van der Waals surface area contributed by atoms with Crippen LogP contribution in [0, 0.1) is 0 Å². The molecule has 0 bridgehead atoms. The zero-order valence-corrected chi connectivity index (χ0v) is 12.5. The van der Waals surface area contributed by atoms with Gasteiger partial charge >= 0.3 is 0 Å². The minimum Gasteiger partial charge on any atom is -0.391 e. The Hall–Kier alpha value is -1.64. The van der Waals surface area contributed by atoms with Crippen molar-refractivity contribution in [1.82, 2.24) is 4.90 Å². The Labute approximate surface area is 127 Å². The van der Waals surface area contributed by atoms with E-state index in [1.54, 1.807) is 0 Å². The van der Waals surface area contributed by atoms with Crippen LogP contribution < -0.4 is 0 Å². The molecule has 0 saturated carbocycles. The molecule has 1 heterocycles. The Bertz CT molecular complexity index is 515. The van der Waals surface area contributed by atoms with E-state index in [4.69, 9.17) is 0 Å². The fourth-order valence-corrected chi connectivity index (χ4v) is 3.50. The van der Waals surface area contributed by atoms with Gasteiger partial charge in [-0.2, -0.15) is 0 Å². The second-order valence-corrected chi connectivity index (χ2v) is 5.98. The molecule has 1 saturated heterocycles. The summed E-state index contributed by atoms with van der Waals surface area (Å²) < 4.78 is 0. The van der Waals surface area contributed by atoms with Crippen molar-refractivity contribution >= 4 is 0 Å². The lowest BCUT2D eigenvalue weighted by Gasteiger charge is -2.32. The first-order valence-electron chi connectivity index (χ1n) is 7.75. The van der Waals surface area contributed by atoms with Gasteiger partial charge in [-0.25, -0.2) is 0 Å². The van der Waals surface area contributed by atoms with Crippen molar-refractivity contribution in [2.45, 2.75) is 30.9 Å². The fraction of sp³-hybridized carbons (Fsp3) is 0.368. The Kier molecular flexibility index (Phi) is 4.37. The van der Waals surface area contributed by atoms with E-state index in [0.717, 1.165) is 13.0 Å². The minimum atomic E-state index is -0.373. The van der Waals surface area contributed by atoms with Crippen LogP contribution in [0.3, 0.4) is 0 Å². The summed E-state index contributed by atoms with van der Waals surface area (Å²) in [6.45, 7) is 1.08. The maximum absolute atomic E-state index is 11.0. The first-order valence-corrected chi connectivity index (χ1v) is 7.75. The van der Waals surface area contributed by atoms with E-state index < -0.39 is 0 Å². The summed E-state index contributed by atoms with van der Waals surface area (Å²) in [6.07, 6.45) is 1.88. The van der Waals surface area contributed by atoms with Crippen molar-refractivity contribution in [2.24, 2.45) is 0 Å². The molecule has 1 aliphatic rings. The van der Waals surface area contributed by atoms with Crippen molar-refractivity contribution < 1.29 is 5.11 Å². The number of hydrogen-bond acceptors (Lipinski definition) is 2. The summed E-state index contributed by atoms with van der Waals surface area (Å²) in [5.74, 6) is 0.0398. The van der Waals surface area contributed by atoms with E-state index in [1.807, 2.05) is 12.1 Å². The zero-order valence-electron chi connectivity index (χ0n) is 12.5. The summed E-state index contributed by atoms with van der Waals surface area (Å²) in [5, 5.41) is 11.0. The molecule has 2 heteroatoms.